The zero-order valence-electron chi connectivity index (χ0n) is 27.6. The number of rotatable bonds is 5. The molecule has 2 heterocycles. The van der Waals surface area contributed by atoms with Crippen LogP contribution in [0.25, 0.3) is 99.6 Å². The van der Waals surface area contributed by atoms with Gasteiger partial charge >= 0.3 is 0 Å². The molecule has 0 N–H and O–H groups in total. The monoisotopic (exact) mass is 650 g/mol. The lowest BCUT2D eigenvalue weighted by molar-refractivity contribution is 0.670. The van der Waals surface area contributed by atoms with Gasteiger partial charge in [0.1, 0.15) is 11.2 Å². The van der Waals surface area contributed by atoms with E-state index < -0.39 is 0 Å². The standard InChI is InChI=1S/C48H30N2O/c1-3-12-34(13-4-1)44-30-45(35-14-5-2-6-15-35)50-48(49-44)43-28-40(27-42-41-26-37-17-9-10-18-38(37)29-46(41)51-47(42)43)33-21-19-32(20-22-33)39-24-23-31-11-7-8-16-36(31)25-39/h1-30H. The second-order valence-corrected chi connectivity index (χ2v) is 13.0. The van der Waals surface area contributed by atoms with Gasteiger partial charge in [-0.2, -0.15) is 0 Å². The van der Waals surface area contributed by atoms with Gasteiger partial charge in [0.15, 0.2) is 5.82 Å². The Morgan fingerprint density at radius 3 is 1.51 bits per heavy atom. The van der Waals surface area contributed by atoms with Crippen LogP contribution < -0.4 is 0 Å². The number of hydrogen-bond acceptors (Lipinski definition) is 3. The van der Waals surface area contributed by atoms with Crippen molar-refractivity contribution < 1.29 is 4.42 Å². The molecule has 0 aliphatic rings. The summed E-state index contributed by atoms with van der Waals surface area (Å²) in [5.74, 6) is 0.624. The lowest BCUT2D eigenvalue weighted by atomic mass is 9.95. The first-order valence-electron chi connectivity index (χ1n) is 17.2. The third kappa shape index (κ3) is 5.24. The molecule has 0 saturated carbocycles. The van der Waals surface area contributed by atoms with Crippen molar-refractivity contribution in [3.05, 3.63) is 182 Å². The van der Waals surface area contributed by atoms with Crippen molar-refractivity contribution in [3.8, 4) is 56.2 Å². The summed E-state index contributed by atoms with van der Waals surface area (Å²) < 4.78 is 6.76. The molecule has 238 valence electrons. The van der Waals surface area contributed by atoms with E-state index >= 15 is 0 Å². The Kier molecular flexibility index (Phi) is 6.81. The molecule has 0 aliphatic heterocycles. The number of furan rings is 1. The number of hydrogen-bond donors (Lipinski definition) is 0. The maximum atomic E-state index is 6.76. The molecule has 0 bridgehead atoms. The van der Waals surface area contributed by atoms with Crippen LogP contribution in [0.3, 0.4) is 0 Å². The second kappa shape index (κ2) is 11.9. The van der Waals surface area contributed by atoms with Crippen LogP contribution in [0.15, 0.2) is 186 Å². The van der Waals surface area contributed by atoms with E-state index in [4.69, 9.17) is 14.4 Å². The van der Waals surface area contributed by atoms with Crippen LogP contribution in [0.4, 0.5) is 0 Å². The third-order valence-electron chi connectivity index (χ3n) is 9.85. The van der Waals surface area contributed by atoms with Gasteiger partial charge in [-0.15, -0.1) is 0 Å². The lowest BCUT2D eigenvalue weighted by Gasteiger charge is -2.12. The van der Waals surface area contributed by atoms with E-state index in [0.29, 0.717) is 5.82 Å². The molecule has 3 heteroatoms. The first-order chi connectivity index (χ1) is 25.2. The summed E-state index contributed by atoms with van der Waals surface area (Å²) in [6.45, 7) is 0. The highest BCUT2D eigenvalue weighted by molar-refractivity contribution is 6.14. The van der Waals surface area contributed by atoms with Crippen molar-refractivity contribution in [2.75, 3.05) is 0 Å². The Labute approximate surface area is 295 Å². The molecule has 3 nitrogen and oxygen atoms in total. The minimum atomic E-state index is 0.624. The molecule has 0 atom stereocenters. The molecule has 8 aromatic carbocycles. The van der Waals surface area contributed by atoms with Crippen molar-refractivity contribution in [1.29, 1.82) is 0 Å². The van der Waals surface area contributed by atoms with Gasteiger partial charge in [-0.3, -0.25) is 0 Å². The highest BCUT2D eigenvalue weighted by atomic mass is 16.3. The van der Waals surface area contributed by atoms with Gasteiger partial charge in [-0.05, 0) is 80.2 Å². The quantitative estimate of drug-likeness (QED) is 0.186. The molecule has 10 rings (SSSR count). The largest absolute Gasteiger partial charge is 0.455 e. The van der Waals surface area contributed by atoms with Crippen molar-refractivity contribution in [2.24, 2.45) is 0 Å². The number of fused-ring (bicyclic) bond motifs is 5. The van der Waals surface area contributed by atoms with Crippen LogP contribution in [0.5, 0.6) is 0 Å². The zero-order chi connectivity index (χ0) is 33.7. The second-order valence-electron chi connectivity index (χ2n) is 13.0. The molecule has 0 fully saturated rings. The number of benzene rings is 8. The van der Waals surface area contributed by atoms with Gasteiger partial charge in [-0.1, -0.05) is 146 Å². The molecule has 0 amide bonds. The summed E-state index contributed by atoms with van der Waals surface area (Å²) >= 11 is 0. The van der Waals surface area contributed by atoms with E-state index in [-0.39, 0.29) is 0 Å². The van der Waals surface area contributed by atoms with Crippen LogP contribution >= 0.6 is 0 Å². The minimum Gasteiger partial charge on any atom is -0.455 e. The lowest BCUT2D eigenvalue weighted by Crippen LogP contribution is -1.96. The van der Waals surface area contributed by atoms with Crippen LogP contribution in [0, 0.1) is 0 Å². The van der Waals surface area contributed by atoms with Gasteiger partial charge in [0.25, 0.3) is 0 Å². The Hall–Kier alpha value is -6.84. The molecular formula is C48H30N2O. The molecule has 51 heavy (non-hydrogen) atoms. The average molecular weight is 651 g/mol. The van der Waals surface area contributed by atoms with Gasteiger partial charge in [0.2, 0.25) is 0 Å². The maximum Gasteiger partial charge on any atom is 0.164 e. The van der Waals surface area contributed by atoms with Crippen LogP contribution in [-0.2, 0) is 0 Å². The Morgan fingerprint density at radius 1 is 0.333 bits per heavy atom. The first kappa shape index (κ1) is 29.1. The first-order valence-corrected chi connectivity index (χ1v) is 17.2. The fourth-order valence-electron chi connectivity index (χ4n) is 7.20. The molecule has 10 aromatic rings. The highest BCUT2D eigenvalue weighted by Crippen LogP contribution is 2.41. The van der Waals surface area contributed by atoms with Crippen LogP contribution in [0.1, 0.15) is 0 Å². The summed E-state index contributed by atoms with van der Waals surface area (Å²) in [6, 6.07) is 63.9. The molecule has 0 saturated heterocycles. The number of nitrogens with zero attached hydrogens (tertiary/aromatic N) is 2. The molecule has 0 aliphatic carbocycles. The van der Waals surface area contributed by atoms with E-state index in [1.807, 2.05) is 36.4 Å². The molecule has 0 radical (unpaired) electrons. The van der Waals surface area contributed by atoms with E-state index in [0.717, 1.165) is 66.5 Å². The van der Waals surface area contributed by atoms with E-state index in [1.54, 1.807) is 0 Å². The maximum absolute atomic E-state index is 6.76. The van der Waals surface area contributed by atoms with Crippen LogP contribution in [0.2, 0.25) is 0 Å². The summed E-state index contributed by atoms with van der Waals surface area (Å²) in [4.78, 5) is 10.4. The van der Waals surface area contributed by atoms with Gasteiger partial charge in [0.05, 0.1) is 17.0 Å². The van der Waals surface area contributed by atoms with Gasteiger partial charge in [-0.25, -0.2) is 9.97 Å². The van der Waals surface area contributed by atoms with Gasteiger partial charge < -0.3 is 4.42 Å². The molecule has 0 unspecified atom stereocenters. The summed E-state index contributed by atoms with van der Waals surface area (Å²) in [6.07, 6.45) is 0. The van der Waals surface area contributed by atoms with Crippen molar-refractivity contribution in [2.45, 2.75) is 0 Å². The van der Waals surface area contributed by atoms with E-state index in [9.17, 15) is 0 Å². The van der Waals surface area contributed by atoms with E-state index in [2.05, 4.69) is 146 Å². The average Bonchev–Trinajstić information content (AvgIpc) is 3.57. The summed E-state index contributed by atoms with van der Waals surface area (Å²) in [5, 5.41) is 6.91. The van der Waals surface area contributed by atoms with Crippen LogP contribution in [-0.4, -0.2) is 9.97 Å². The molecule has 0 spiro atoms. The fourth-order valence-corrected chi connectivity index (χ4v) is 7.20. The Morgan fingerprint density at radius 2 is 0.863 bits per heavy atom. The Balaban J connectivity index is 1.19. The van der Waals surface area contributed by atoms with Gasteiger partial charge in [0, 0.05) is 21.9 Å². The predicted octanol–water partition coefficient (Wildman–Crippen LogP) is 13.0. The summed E-state index contributed by atoms with van der Waals surface area (Å²) in [5.41, 5.74) is 10.8. The van der Waals surface area contributed by atoms with Crippen molar-refractivity contribution in [1.82, 2.24) is 9.97 Å². The SMILES string of the molecule is c1ccc(-c2cc(-c3ccccc3)nc(-c3cc(-c4ccc(-c5ccc6ccccc6c5)cc4)cc4c3oc3cc5ccccc5cc34)n2)cc1. The predicted molar refractivity (Wildman–Crippen MR) is 212 cm³/mol. The van der Waals surface area contributed by atoms with Crippen molar-refractivity contribution in [3.63, 3.8) is 0 Å². The topological polar surface area (TPSA) is 38.9 Å². The highest BCUT2D eigenvalue weighted by Gasteiger charge is 2.20. The van der Waals surface area contributed by atoms with Crippen molar-refractivity contribution >= 4 is 43.5 Å². The molecule has 2 aromatic heterocycles. The smallest absolute Gasteiger partial charge is 0.164 e. The van der Waals surface area contributed by atoms with E-state index in [1.165, 1.54) is 27.3 Å². The minimum absolute atomic E-state index is 0.624. The zero-order valence-corrected chi connectivity index (χ0v) is 27.6. The Bertz CT molecular complexity index is 2830. The fraction of sp³-hybridized carbons (Fsp3) is 0. The normalized spacial score (nSPS) is 11.5. The number of aromatic nitrogens is 2. The summed E-state index contributed by atoms with van der Waals surface area (Å²) in [7, 11) is 0. The molecular weight excluding hydrogens is 621 g/mol. The third-order valence-corrected chi connectivity index (χ3v) is 9.85.